The highest BCUT2D eigenvalue weighted by molar-refractivity contribution is 7.13. The van der Waals surface area contributed by atoms with Gasteiger partial charge in [-0.1, -0.05) is 67.1 Å². The van der Waals surface area contributed by atoms with Gasteiger partial charge in [0.1, 0.15) is 17.8 Å². The molecule has 0 bridgehead atoms. The first kappa shape index (κ1) is 34.0. The third-order valence-electron chi connectivity index (χ3n) is 9.36. The Bertz CT molecular complexity index is 1790. The molecule has 4 aromatic rings. The Balaban J connectivity index is 1.17. The van der Waals surface area contributed by atoms with Gasteiger partial charge in [-0.15, -0.1) is 16.4 Å². The number of carbonyl (C=O) groups excluding carboxylic acids is 2. The van der Waals surface area contributed by atoms with E-state index >= 15 is 0 Å². The fraction of sp³-hybridized carbons (Fsp3) is 0.457. The van der Waals surface area contributed by atoms with Crippen molar-refractivity contribution in [3.63, 3.8) is 0 Å². The molecule has 254 valence electrons. The maximum atomic E-state index is 14.5. The average Bonchev–Trinajstić information content (AvgIpc) is 3.75. The van der Waals surface area contributed by atoms with Crippen molar-refractivity contribution >= 4 is 34.8 Å². The molecule has 2 amide bonds. The van der Waals surface area contributed by atoms with Crippen LogP contribution >= 0.6 is 22.9 Å². The molecule has 0 spiro atoms. The molecule has 2 aromatic carbocycles. The number of nitrogens with one attached hydrogen (secondary N) is 1. The summed E-state index contributed by atoms with van der Waals surface area (Å²) in [6.45, 7) is 8.36. The number of rotatable bonds is 9. The van der Waals surface area contributed by atoms with Gasteiger partial charge in [0.05, 0.1) is 57.9 Å². The Morgan fingerprint density at radius 1 is 1.19 bits per heavy atom. The zero-order valence-corrected chi connectivity index (χ0v) is 29.1. The number of phenols is 1. The molecule has 13 heteroatoms. The van der Waals surface area contributed by atoms with Gasteiger partial charge in [-0.3, -0.25) is 9.59 Å². The first-order chi connectivity index (χ1) is 22.9. The highest BCUT2D eigenvalue weighted by Crippen LogP contribution is 2.39. The van der Waals surface area contributed by atoms with Crippen LogP contribution in [0.1, 0.15) is 73.9 Å². The van der Waals surface area contributed by atoms with Crippen molar-refractivity contribution in [2.75, 3.05) is 13.2 Å². The van der Waals surface area contributed by atoms with Crippen molar-refractivity contribution in [2.24, 2.45) is 5.41 Å². The smallest absolute Gasteiger partial charge is 0.248 e. The lowest BCUT2D eigenvalue weighted by molar-refractivity contribution is -0.145. The molecule has 6 rings (SSSR count). The van der Waals surface area contributed by atoms with Crippen LogP contribution in [0.25, 0.3) is 10.4 Å². The number of aromatic hydroxyl groups is 1. The van der Waals surface area contributed by atoms with Crippen molar-refractivity contribution in [1.29, 1.82) is 0 Å². The highest BCUT2D eigenvalue weighted by atomic mass is 35.5. The fourth-order valence-corrected chi connectivity index (χ4v) is 7.75. The van der Waals surface area contributed by atoms with Crippen molar-refractivity contribution < 1.29 is 24.5 Å². The first-order valence-electron chi connectivity index (χ1n) is 16.2. The number of hydrogen-bond acceptors (Lipinski definition) is 9. The first-order valence-corrected chi connectivity index (χ1v) is 17.5. The number of nitrogens with zero attached hydrogens (tertiary/aromatic N) is 5. The second kappa shape index (κ2) is 13.9. The number of phenolic OH excluding ortho intramolecular Hbond substituents is 1. The average molecular weight is 693 g/mol. The monoisotopic (exact) mass is 692 g/mol. The molecule has 0 aliphatic carbocycles. The van der Waals surface area contributed by atoms with Crippen LogP contribution in [0.2, 0.25) is 5.02 Å². The van der Waals surface area contributed by atoms with Crippen LogP contribution in [-0.4, -0.2) is 72.2 Å². The molecule has 11 nitrogen and oxygen atoms in total. The number of hydrogen-bond donors (Lipinski definition) is 3. The number of aliphatic hydroxyl groups is 1. The number of amides is 2. The van der Waals surface area contributed by atoms with Gasteiger partial charge in [0.15, 0.2) is 0 Å². The van der Waals surface area contributed by atoms with Gasteiger partial charge in [-0.2, -0.15) is 0 Å². The van der Waals surface area contributed by atoms with E-state index in [-0.39, 0.29) is 43.2 Å². The lowest BCUT2D eigenvalue weighted by atomic mass is 9.84. The molecule has 2 aromatic heterocycles. The van der Waals surface area contributed by atoms with E-state index < -0.39 is 23.6 Å². The molecule has 4 atom stereocenters. The second-order valence-corrected chi connectivity index (χ2v) is 14.7. The molecule has 4 heterocycles. The molecule has 3 N–H and O–H groups in total. The number of halogens is 1. The van der Waals surface area contributed by atoms with E-state index in [1.54, 1.807) is 28.2 Å². The number of aryl methyl sites for hydroxylation is 3. The Hall–Kier alpha value is -3.84. The zero-order valence-electron chi connectivity index (χ0n) is 27.5. The number of β-amino-alcohol motifs (C(OH)–C–C–N with tert-alkyl or cyclic N) is 1. The van der Waals surface area contributed by atoms with Crippen molar-refractivity contribution in [3.05, 3.63) is 81.2 Å². The minimum Gasteiger partial charge on any atom is -0.506 e. The number of thiazole rings is 1. The van der Waals surface area contributed by atoms with E-state index in [4.69, 9.17) is 16.3 Å². The van der Waals surface area contributed by atoms with Crippen LogP contribution in [0.5, 0.6) is 5.75 Å². The molecule has 0 radical (unpaired) electrons. The molecular weight excluding hydrogens is 652 g/mol. The summed E-state index contributed by atoms with van der Waals surface area (Å²) in [6.07, 6.45) is 1.21. The SMILES string of the molecule is Cc1ncsc1-c1ccc([C@H](C)NC(=O)[C@@H]2C[C@@H](O)CN2C(=O)[C@H]2n3nnc(CCCc4cccc(O)c4Cl)c3COCC2(C)C)cc1. The van der Waals surface area contributed by atoms with Gasteiger partial charge in [-0.05, 0) is 55.9 Å². The third kappa shape index (κ3) is 6.84. The highest BCUT2D eigenvalue weighted by Gasteiger charge is 2.48. The van der Waals surface area contributed by atoms with Crippen molar-refractivity contribution in [3.8, 4) is 16.2 Å². The summed E-state index contributed by atoms with van der Waals surface area (Å²) in [7, 11) is 0. The zero-order chi connectivity index (χ0) is 34.2. The van der Waals surface area contributed by atoms with Gasteiger partial charge in [-0.25, -0.2) is 9.67 Å². The van der Waals surface area contributed by atoms with Gasteiger partial charge < -0.3 is 25.2 Å². The van der Waals surface area contributed by atoms with Gasteiger partial charge >= 0.3 is 0 Å². The summed E-state index contributed by atoms with van der Waals surface area (Å²) < 4.78 is 7.71. The Morgan fingerprint density at radius 3 is 2.69 bits per heavy atom. The summed E-state index contributed by atoms with van der Waals surface area (Å²) in [4.78, 5) is 35.1. The molecule has 2 aliphatic rings. The van der Waals surface area contributed by atoms with E-state index in [0.29, 0.717) is 36.6 Å². The van der Waals surface area contributed by atoms with Crippen LogP contribution in [-0.2, 0) is 33.8 Å². The minimum absolute atomic E-state index is 0.0448. The maximum absolute atomic E-state index is 14.5. The molecule has 1 saturated heterocycles. The van der Waals surface area contributed by atoms with Crippen LogP contribution in [0.15, 0.2) is 48.0 Å². The standard InChI is InChI=1S/C35H41ClN6O5S/c1-20(22-11-13-24(14-12-22)31-21(2)37-19-48-31)38-33(45)27-15-25(43)16-41(27)34(46)32-35(3,4)18-47-17-28-26(39-40-42(28)32)9-5-7-23-8-6-10-29(44)30(23)36/h6,8,10-14,19-20,25,27,32,43-44H,5,7,9,15-18H2,1-4H3,(H,38,45)/t20-,25+,27-,32+/m0/s1. The van der Waals surface area contributed by atoms with Crippen LogP contribution in [0, 0.1) is 12.3 Å². The summed E-state index contributed by atoms with van der Waals surface area (Å²) in [5.41, 5.74) is 6.41. The van der Waals surface area contributed by atoms with Gasteiger partial charge in [0, 0.05) is 18.4 Å². The lowest BCUT2D eigenvalue weighted by Gasteiger charge is -2.35. The quantitative estimate of drug-likeness (QED) is 0.218. The second-order valence-electron chi connectivity index (χ2n) is 13.4. The summed E-state index contributed by atoms with van der Waals surface area (Å²) in [5.74, 6) is -0.570. The number of fused-ring (bicyclic) bond motifs is 1. The summed E-state index contributed by atoms with van der Waals surface area (Å²) in [5, 5.41) is 33.0. The maximum Gasteiger partial charge on any atom is 0.248 e. The molecule has 1 fully saturated rings. The van der Waals surface area contributed by atoms with E-state index in [0.717, 1.165) is 33.0 Å². The number of aliphatic hydroxyl groups excluding tert-OH is 1. The van der Waals surface area contributed by atoms with Crippen LogP contribution < -0.4 is 5.32 Å². The normalized spacial score (nSPS) is 21.0. The minimum atomic E-state index is -0.840. The van der Waals surface area contributed by atoms with Crippen LogP contribution in [0.4, 0.5) is 0 Å². The van der Waals surface area contributed by atoms with Crippen molar-refractivity contribution in [2.45, 2.75) is 84.2 Å². The fourth-order valence-electron chi connectivity index (χ4n) is 6.72. The third-order valence-corrected chi connectivity index (χ3v) is 10.8. The molecule has 2 aliphatic heterocycles. The van der Waals surface area contributed by atoms with Crippen molar-refractivity contribution in [1.82, 2.24) is 30.2 Å². The molecular formula is C35H41ClN6O5S. The van der Waals surface area contributed by atoms with E-state index in [2.05, 4.69) is 20.6 Å². The van der Waals surface area contributed by atoms with Gasteiger partial charge in [0.25, 0.3) is 0 Å². The van der Waals surface area contributed by atoms with E-state index in [1.165, 1.54) is 4.90 Å². The van der Waals surface area contributed by atoms with E-state index in [9.17, 15) is 19.8 Å². The summed E-state index contributed by atoms with van der Waals surface area (Å²) in [6, 6.07) is 11.3. The number of likely N-dealkylation sites (tertiary alicyclic amines) is 1. The predicted molar refractivity (Wildman–Crippen MR) is 183 cm³/mol. The number of carbonyl (C=O) groups is 2. The predicted octanol–water partition coefficient (Wildman–Crippen LogP) is 5.18. The largest absolute Gasteiger partial charge is 0.506 e. The number of ether oxygens (including phenoxy) is 1. The van der Waals surface area contributed by atoms with Gasteiger partial charge in [0.2, 0.25) is 11.8 Å². The topological polar surface area (TPSA) is 143 Å². The van der Waals surface area contributed by atoms with E-state index in [1.807, 2.05) is 63.5 Å². The molecule has 48 heavy (non-hydrogen) atoms. The Morgan fingerprint density at radius 2 is 1.96 bits per heavy atom. The molecule has 0 unspecified atom stereocenters. The molecule has 0 saturated carbocycles. The number of aromatic nitrogens is 4. The Labute approximate surface area is 288 Å². The Kier molecular flexibility index (Phi) is 9.89. The summed E-state index contributed by atoms with van der Waals surface area (Å²) >= 11 is 7.87. The van der Waals surface area contributed by atoms with Crippen LogP contribution in [0.3, 0.4) is 0 Å². The lowest BCUT2D eigenvalue weighted by Crippen LogP contribution is -2.51. The number of benzene rings is 2.